The lowest BCUT2D eigenvalue weighted by atomic mass is 10.2. The van der Waals surface area contributed by atoms with Crippen LogP contribution in [-0.4, -0.2) is 25.2 Å². The number of hydrogen-bond acceptors (Lipinski definition) is 4. The summed E-state index contributed by atoms with van der Waals surface area (Å²) < 4.78 is 10.3. The average molecular weight is 447 g/mol. The van der Waals surface area contributed by atoms with Gasteiger partial charge < -0.3 is 9.47 Å². The molecule has 0 aliphatic heterocycles. The second kappa shape index (κ2) is 13.6. The smallest absolute Gasteiger partial charge is 0.330 e. The van der Waals surface area contributed by atoms with Crippen LogP contribution in [-0.2, 0) is 19.1 Å². The van der Waals surface area contributed by atoms with Crippen LogP contribution in [0, 0.1) is 0 Å². The molecule has 0 radical (unpaired) electrons. The number of ether oxygens (including phenoxy) is 2. The quantitative estimate of drug-likeness (QED) is 0.228. The zero-order valence-electron chi connectivity index (χ0n) is 16.6. The van der Waals surface area contributed by atoms with E-state index in [0.717, 1.165) is 36.8 Å². The summed E-state index contributed by atoms with van der Waals surface area (Å²) in [4.78, 5) is 23.4. The monoisotopic (exact) mass is 446 g/mol. The van der Waals surface area contributed by atoms with Crippen molar-refractivity contribution in [2.45, 2.75) is 25.7 Å². The fraction of sp³-hybridized carbons (Fsp3) is 0.250. The number of carbonyl (C=O) groups is 2. The van der Waals surface area contributed by atoms with E-state index in [9.17, 15) is 9.59 Å². The molecule has 0 fully saturated rings. The summed E-state index contributed by atoms with van der Waals surface area (Å²) in [6, 6.07) is 14.5. The molecule has 0 saturated heterocycles. The fourth-order valence-electron chi connectivity index (χ4n) is 2.54. The summed E-state index contributed by atoms with van der Waals surface area (Å²) in [7, 11) is 0. The Balaban J connectivity index is 1.51. The highest BCUT2D eigenvalue weighted by Gasteiger charge is 2.01. The zero-order valence-corrected chi connectivity index (χ0v) is 18.1. The standard InChI is InChI=1S/C24H24Cl2O4/c25-21-11-5-3-9-19(21)13-15-23(27)29-17-7-1-2-8-18-30-24(28)16-14-20-10-4-6-12-22(20)26/h3-6,9-16H,1-2,7-8,17-18H2. The van der Waals surface area contributed by atoms with Gasteiger partial charge in [0.1, 0.15) is 0 Å². The number of unbranched alkanes of at least 4 members (excludes halogenated alkanes) is 3. The second-order valence-electron chi connectivity index (χ2n) is 6.46. The molecular formula is C24H24Cl2O4. The van der Waals surface area contributed by atoms with Gasteiger partial charge in [0, 0.05) is 22.2 Å². The summed E-state index contributed by atoms with van der Waals surface area (Å²) in [5.41, 5.74) is 1.54. The molecule has 0 bridgehead atoms. The van der Waals surface area contributed by atoms with Crippen LogP contribution >= 0.6 is 23.2 Å². The Morgan fingerprint density at radius 2 is 1.07 bits per heavy atom. The Morgan fingerprint density at radius 3 is 1.47 bits per heavy atom. The lowest BCUT2D eigenvalue weighted by molar-refractivity contribution is -0.139. The van der Waals surface area contributed by atoms with Gasteiger partial charge in [0.25, 0.3) is 0 Å². The largest absolute Gasteiger partial charge is 0.463 e. The van der Waals surface area contributed by atoms with Crippen molar-refractivity contribution in [2.24, 2.45) is 0 Å². The number of halogens is 2. The van der Waals surface area contributed by atoms with Crippen LogP contribution in [0.3, 0.4) is 0 Å². The van der Waals surface area contributed by atoms with E-state index < -0.39 is 11.9 Å². The van der Waals surface area contributed by atoms with Crippen molar-refractivity contribution in [3.05, 3.63) is 81.9 Å². The molecule has 0 amide bonds. The summed E-state index contributed by atoms with van der Waals surface area (Å²) >= 11 is 12.0. The molecule has 0 spiro atoms. The molecule has 0 N–H and O–H groups in total. The molecule has 0 aromatic heterocycles. The number of hydrogen-bond donors (Lipinski definition) is 0. The van der Waals surface area contributed by atoms with Crippen LogP contribution in [0.5, 0.6) is 0 Å². The molecule has 2 aromatic carbocycles. The SMILES string of the molecule is O=C(C=Cc1ccccc1Cl)OCCCCCCOC(=O)C=Cc1ccccc1Cl. The van der Waals surface area contributed by atoms with Gasteiger partial charge in [-0.15, -0.1) is 0 Å². The molecule has 0 aliphatic rings. The summed E-state index contributed by atoms with van der Waals surface area (Å²) in [6.07, 6.45) is 9.30. The van der Waals surface area contributed by atoms with Crippen LogP contribution in [0.2, 0.25) is 10.0 Å². The van der Waals surface area contributed by atoms with E-state index >= 15 is 0 Å². The molecule has 0 heterocycles. The molecule has 0 atom stereocenters. The van der Waals surface area contributed by atoms with Crippen LogP contribution in [0.15, 0.2) is 60.7 Å². The minimum atomic E-state index is -0.394. The molecule has 2 aromatic rings. The highest BCUT2D eigenvalue weighted by atomic mass is 35.5. The van der Waals surface area contributed by atoms with Gasteiger partial charge in [-0.1, -0.05) is 59.6 Å². The first-order chi connectivity index (χ1) is 14.6. The van der Waals surface area contributed by atoms with E-state index in [1.165, 1.54) is 12.2 Å². The third kappa shape index (κ3) is 9.29. The lowest BCUT2D eigenvalue weighted by Crippen LogP contribution is -2.04. The van der Waals surface area contributed by atoms with Gasteiger partial charge in [-0.2, -0.15) is 0 Å². The predicted octanol–water partition coefficient (Wildman–Crippen LogP) is 6.37. The van der Waals surface area contributed by atoms with Gasteiger partial charge in [-0.3, -0.25) is 0 Å². The maximum absolute atomic E-state index is 11.7. The van der Waals surface area contributed by atoms with Gasteiger partial charge >= 0.3 is 11.9 Å². The van der Waals surface area contributed by atoms with Crippen molar-refractivity contribution in [1.29, 1.82) is 0 Å². The van der Waals surface area contributed by atoms with E-state index in [-0.39, 0.29) is 0 Å². The molecule has 0 unspecified atom stereocenters. The van der Waals surface area contributed by atoms with Crippen molar-refractivity contribution in [3.8, 4) is 0 Å². The van der Waals surface area contributed by atoms with Crippen LogP contribution < -0.4 is 0 Å². The minimum Gasteiger partial charge on any atom is -0.463 e. The highest BCUT2D eigenvalue weighted by molar-refractivity contribution is 6.32. The topological polar surface area (TPSA) is 52.6 Å². The van der Waals surface area contributed by atoms with Gasteiger partial charge in [0.05, 0.1) is 13.2 Å². The first kappa shape index (κ1) is 23.7. The van der Waals surface area contributed by atoms with E-state index in [2.05, 4.69) is 0 Å². The van der Waals surface area contributed by atoms with Crippen molar-refractivity contribution in [3.63, 3.8) is 0 Å². The van der Waals surface area contributed by atoms with E-state index in [1.54, 1.807) is 24.3 Å². The number of benzene rings is 2. The van der Waals surface area contributed by atoms with Gasteiger partial charge in [-0.25, -0.2) is 9.59 Å². The van der Waals surface area contributed by atoms with E-state index in [1.807, 2.05) is 36.4 Å². The average Bonchev–Trinajstić information content (AvgIpc) is 2.74. The maximum Gasteiger partial charge on any atom is 0.330 e. The zero-order chi connectivity index (χ0) is 21.6. The van der Waals surface area contributed by atoms with Crippen molar-refractivity contribution in [1.82, 2.24) is 0 Å². The summed E-state index contributed by atoms with van der Waals surface area (Å²) in [6.45, 7) is 0.706. The van der Waals surface area contributed by atoms with Gasteiger partial charge in [0.2, 0.25) is 0 Å². The van der Waals surface area contributed by atoms with Crippen LogP contribution in [0.1, 0.15) is 36.8 Å². The third-order valence-electron chi connectivity index (χ3n) is 4.14. The Morgan fingerprint density at radius 1 is 0.667 bits per heavy atom. The van der Waals surface area contributed by atoms with Crippen molar-refractivity contribution >= 4 is 47.3 Å². The molecule has 158 valence electrons. The number of carbonyl (C=O) groups excluding carboxylic acids is 2. The molecular weight excluding hydrogens is 423 g/mol. The summed E-state index contributed by atoms with van der Waals surface area (Å²) in [5, 5.41) is 1.17. The second-order valence-corrected chi connectivity index (χ2v) is 7.27. The lowest BCUT2D eigenvalue weighted by Gasteiger charge is -2.04. The minimum absolute atomic E-state index is 0.353. The fourth-order valence-corrected chi connectivity index (χ4v) is 2.93. The Labute approximate surface area is 187 Å². The Kier molecular flexibility index (Phi) is 10.8. The maximum atomic E-state index is 11.7. The Hall–Kier alpha value is -2.56. The van der Waals surface area contributed by atoms with Gasteiger partial charge in [0.15, 0.2) is 0 Å². The van der Waals surface area contributed by atoms with Crippen molar-refractivity contribution in [2.75, 3.05) is 13.2 Å². The molecule has 2 rings (SSSR count). The van der Waals surface area contributed by atoms with Crippen LogP contribution in [0.4, 0.5) is 0 Å². The third-order valence-corrected chi connectivity index (χ3v) is 4.82. The first-order valence-corrected chi connectivity index (χ1v) is 10.5. The molecule has 0 aliphatic carbocycles. The number of esters is 2. The first-order valence-electron chi connectivity index (χ1n) is 9.75. The van der Waals surface area contributed by atoms with Gasteiger partial charge in [-0.05, 0) is 61.1 Å². The predicted molar refractivity (Wildman–Crippen MR) is 121 cm³/mol. The summed E-state index contributed by atoms with van der Waals surface area (Å²) in [5.74, 6) is -0.789. The molecule has 4 nitrogen and oxygen atoms in total. The normalized spacial score (nSPS) is 11.1. The highest BCUT2D eigenvalue weighted by Crippen LogP contribution is 2.17. The van der Waals surface area contributed by atoms with Crippen molar-refractivity contribution < 1.29 is 19.1 Å². The Bertz CT molecular complexity index is 817. The van der Waals surface area contributed by atoms with E-state index in [4.69, 9.17) is 32.7 Å². The molecule has 6 heteroatoms. The molecule has 30 heavy (non-hydrogen) atoms. The molecule has 0 saturated carbocycles. The number of rotatable bonds is 11. The van der Waals surface area contributed by atoms with Crippen LogP contribution in [0.25, 0.3) is 12.2 Å². The van der Waals surface area contributed by atoms with E-state index in [0.29, 0.717) is 23.3 Å².